The standard InChI is InChI=1S/C30H43NO5/c1-7-26(21-25-17-12-9-13-18-25)27(34-20-14-19-24-15-10-8-11-16-24)23(3)35-28(32)22(2)31-29(33)36-30(4,5)6/h8-13,15-18,22-23,26-27H,7,14,19-21H2,1-6H3,(H,31,33)/t22-,23-,26+,27-/m0/s1. The van der Waals surface area contributed by atoms with Crippen LogP contribution < -0.4 is 5.32 Å². The molecule has 0 aliphatic carbocycles. The number of hydrogen-bond acceptors (Lipinski definition) is 5. The lowest BCUT2D eigenvalue weighted by atomic mass is 9.89. The molecule has 2 rings (SSSR count). The Balaban J connectivity index is 2.02. The van der Waals surface area contributed by atoms with Crippen molar-refractivity contribution in [3.63, 3.8) is 0 Å². The molecule has 0 spiro atoms. The van der Waals surface area contributed by atoms with Crippen molar-refractivity contribution >= 4 is 12.1 Å². The van der Waals surface area contributed by atoms with Crippen molar-refractivity contribution < 1.29 is 23.8 Å². The van der Waals surface area contributed by atoms with E-state index in [0.29, 0.717) is 6.61 Å². The highest BCUT2D eigenvalue weighted by molar-refractivity contribution is 5.81. The molecule has 0 unspecified atom stereocenters. The Kier molecular flexibility index (Phi) is 11.9. The molecule has 0 bridgehead atoms. The highest BCUT2D eigenvalue weighted by Crippen LogP contribution is 2.24. The number of hydrogen-bond donors (Lipinski definition) is 1. The molecule has 0 saturated heterocycles. The fraction of sp³-hybridized carbons (Fsp3) is 0.533. The molecule has 6 heteroatoms. The van der Waals surface area contributed by atoms with Gasteiger partial charge in [-0.1, -0.05) is 74.0 Å². The van der Waals surface area contributed by atoms with Gasteiger partial charge < -0.3 is 19.5 Å². The van der Waals surface area contributed by atoms with E-state index in [-0.39, 0.29) is 12.0 Å². The molecule has 4 atom stereocenters. The topological polar surface area (TPSA) is 73.9 Å². The number of ether oxygens (including phenoxy) is 3. The molecule has 6 nitrogen and oxygen atoms in total. The van der Waals surface area contributed by atoms with Gasteiger partial charge in [-0.2, -0.15) is 0 Å². The fourth-order valence-electron chi connectivity index (χ4n) is 4.10. The van der Waals surface area contributed by atoms with Crippen LogP contribution >= 0.6 is 0 Å². The molecule has 0 saturated carbocycles. The van der Waals surface area contributed by atoms with Crippen LogP contribution in [-0.2, 0) is 31.8 Å². The van der Waals surface area contributed by atoms with Crippen LogP contribution in [0.25, 0.3) is 0 Å². The maximum atomic E-state index is 12.8. The van der Waals surface area contributed by atoms with Crippen molar-refractivity contribution in [2.75, 3.05) is 6.61 Å². The van der Waals surface area contributed by atoms with Gasteiger partial charge in [0.2, 0.25) is 0 Å². The summed E-state index contributed by atoms with van der Waals surface area (Å²) in [5.74, 6) is -0.346. The largest absolute Gasteiger partial charge is 0.458 e. The second-order valence-corrected chi connectivity index (χ2v) is 10.3. The normalized spacial score (nSPS) is 14.8. The van der Waals surface area contributed by atoms with Crippen molar-refractivity contribution in [1.29, 1.82) is 0 Å². The van der Waals surface area contributed by atoms with Gasteiger partial charge >= 0.3 is 12.1 Å². The fourth-order valence-corrected chi connectivity index (χ4v) is 4.10. The van der Waals surface area contributed by atoms with Crippen LogP contribution in [0.3, 0.4) is 0 Å². The maximum Gasteiger partial charge on any atom is 0.408 e. The molecule has 0 aliphatic rings. The molecular weight excluding hydrogens is 454 g/mol. The highest BCUT2D eigenvalue weighted by Gasteiger charge is 2.31. The minimum Gasteiger partial charge on any atom is -0.458 e. The van der Waals surface area contributed by atoms with Gasteiger partial charge in [-0.3, -0.25) is 0 Å². The molecule has 0 radical (unpaired) electrons. The third-order valence-corrected chi connectivity index (χ3v) is 5.94. The molecule has 2 aromatic rings. The van der Waals surface area contributed by atoms with Crippen molar-refractivity contribution in [3.05, 3.63) is 71.8 Å². The first-order valence-corrected chi connectivity index (χ1v) is 13.0. The van der Waals surface area contributed by atoms with E-state index in [1.54, 1.807) is 27.7 Å². The first-order valence-electron chi connectivity index (χ1n) is 13.0. The zero-order chi connectivity index (χ0) is 26.6. The van der Waals surface area contributed by atoms with E-state index in [2.05, 4.69) is 36.5 Å². The van der Waals surface area contributed by atoms with Crippen molar-refractivity contribution in [3.8, 4) is 0 Å². The lowest BCUT2D eigenvalue weighted by molar-refractivity contribution is -0.161. The van der Waals surface area contributed by atoms with Crippen LogP contribution in [0.1, 0.15) is 65.5 Å². The number of carbonyl (C=O) groups is 2. The zero-order valence-corrected chi connectivity index (χ0v) is 22.7. The molecule has 0 aromatic heterocycles. The van der Waals surface area contributed by atoms with E-state index in [1.807, 2.05) is 43.3 Å². The van der Waals surface area contributed by atoms with Gasteiger partial charge in [-0.25, -0.2) is 9.59 Å². The second kappa shape index (κ2) is 14.6. The van der Waals surface area contributed by atoms with E-state index >= 15 is 0 Å². The van der Waals surface area contributed by atoms with Crippen LogP contribution in [0.15, 0.2) is 60.7 Å². The van der Waals surface area contributed by atoms with Gasteiger partial charge in [0, 0.05) is 6.61 Å². The Bertz CT molecular complexity index is 910. The average molecular weight is 498 g/mol. The Morgan fingerprint density at radius 3 is 2.06 bits per heavy atom. The predicted octanol–water partition coefficient (Wildman–Crippen LogP) is 6.12. The number of aryl methyl sites for hydroxylation is 1. The summed E-state index contributed by atoms with van der Waals surface area (Å²) in [6.07, 6.45) is 2.10. The number of benzene rings is 2. The average Bonchev–Trinajstić information content (AvgIpc) is 2.82. The smallest absolute Gasteiger partial charge is 0.408 e. The Labute approximate surface area is 216 Å². The van der Waals surface area contributed by atoms with Crippen molar-refractivity contribution in [2.24, 2.45) is 5.92 Å². The third kappa shape index (κ3) is 10.8. The molecule has 198 valence electrons. The lowest BCUT2D eigenvalue weighted by Gasteiger charge is -2.32. The van der Waals surface area contributed by atoms with Gasteiger partial charge in [0.25, 0.3) is 0 Å². The van der Waals surface area contributed by atoms with E-state index < -0.39 is 29.8 Å². The van der Waals surface area contributed by atoms with E-state index in [9.17, 15) is 9.59 Å². The first kappa shape index (κ1) is 29.4. The van der Waals surface area contributed by atoms with Gasteiger partial charge in [-0.05, 0) is 70.9 Å². The van der Waals surface area contributed by atoms with Crippen molar-refractivity contribution in [2.45, 2.75) is 91.1 Å². The number of amides is 1. The summed E-state index contributed by atoms with van der Waals surface area (Å²) in [5.41, 5.74) is 1.85. The summed E-state index contributed by atoms with van der Waals surface area (Å²) >= 11 is 0. The Hall–Kier alpha value is -2.86. The van der Waals surface area contributed by atoms with E-state index in [1.165, 1.54) is 11.1 Å². The lowest BCUT2D eigenvalue weighted by Crippen LogP contribution is -2.45. The molecule has 0 aliphatic heterocycles. The summed E-state index contributed by atoms with van der Waals surface area (Å²) < 4.78 is 17.4. The zero-order valence-electron chi connectivity index (χ0n) is 22.7. The van der Waals surface area contributed by atoms with Crippen LogP contribution in [-0.4, -0.2) is 42.5 Å². The van der Waals surface area contributed by atoms with Crippen LogP contribution in [0, 0.1) is 5.92 Å². The van der Waals surface area contributed by atoms with E-state index in [4.69, 9.17) is 14.2 Å². The van der Waals surface area contributed by atoms with Crippen LogP contribution in [0.2, 0.25) is 0 Å². The SMILES string of the molecule is CC[C@H](Cc1ccccc1)[C@@H](OCCCc1ccccc1)[C@H](C)OC(=O)[C@H](C)NC(=O)OC(C)(C)C. The first-order chi connectivity index (χ1) is 17.1. The predicted molar refractivity (Wildman–Crippen MR) is 143 cm³/mol. The highest BCUT2D eigenvalue weighted by atomic mass is 16.6. The molecule has 1 N–H and O–H groups in total. The Morgan fingerprint density at radius 1 is 0.917 bits per heavy atom. The second-order valence-electron chi connectivity index (χ2n) is 10.3. The van der Waals surface area contributed by atoms with Crippen LogP contribution in [0.4, 0.5) is 4.79 Å². The van der Waals surface area contributed by atoms with Crippen LogP contribution in [0.5, 0.6) is 0 Å². The Morgan fingerprint density at radius 2 is 1.50 bits per heavy atom. The number of rotatable bonds is 13. The maximum absolute atomic E-state index is 12.8. The minimum atomic E-state index is -0.838. The van der Waals surface area contributed by atoms with E-state index in [0.717, 1.165) is 25.7 Å². The summed E-state index contributed by atoms with van der Waals surface area (Å²) in [4.78, 5) is 24.9. The number of carbonyl (C=O) groups excluding carboxylic acids is 2. The van der Waals surface area contributed by atoms with Gasteiger partial charge in [0.05, 0.1) is 6.10 Å². The third-order valence-electron chi connectivity index (χ3n) is 5.94. The summed E-state index contributed by atoms with van der Waals surface area (Å²) in [6.45, 7) is 11.5. The quantitative estimate of drug-likeness (QED) is 0.267. The molecule has 1 amide bonds. The van der Waals surface area contributed by atoms with Crippen molar-refractivity contribution in [1.82, 2.24) is 5.32 Å². The number of alkyl carbamates (subject to hydrolysis) is 1. The summed E-state index contributed by atoms with van der Waals surface area (Å²) in [7, 11) is 0. The molecular formula is C30H43NO5. The molecule has 2 aromatic carbocycles. The summed E-state index contributed by atoms with van der Waals surface area (Å²) in [5, 5.41) is 2.56. The molecule has 0 fully saturated rings. The molecule has 0 heterocycles. The monoisotopic (exact) mass is 497 g/mol. The van der Waals surface area contributed by atoms with Gasteiger partial charge in [-0.15, -0.1) is 0 Å². The van der Waals surface area contributed by atoms with Gasteiger partial charge in [0.1, 0.15) is 17.7 Å². The number of esters is 1. The minimum absolute atomic E-state index is 0.168. The van der Waals surface area contributed by atoms with Gasteiger partial charge in [0.15, 0.2) is 0 Å². The molecule has 36 heavy (non-hydrogen) atoms. The summed E-state index contributed by atoms with van der Waals surface area (Å²) in [6, 6.07) is 19.8. The number of nitrogens with one attached hydrogen (secondary N) is 1.